The summed E-state index contributed by atoms with van der Waals surface area (Å²) in [6, 6.07) is 6.17. The third kappa shape index (κ3) is 2.19. The van der Waals surface area contributed by atoms with Crippen molar-refractivity contribution in [3.63, 3.8) is 0 Å². The number of nitrogens with two attached hydrogens (primary N) is 1. The van der Waals surface area contributed by atoms with Crippen LogP contribution in [0.1, 0.15) is 22.5 Å². The molecule has 1 heterocycles. The average molecular weight is 227 g/mol. The second-order valence-electron chi connectivity index (χ2n) is 4.24. The van der Waals surface area contributed by atoms with Crippen LogP contribution in [0, 0.1) is 20.8 Å². The fraction of sp³-hybridized carbons (Fsp3) is 0.286. The topological polar surface area (TPSA) is 51.8 Å². The molecule has 0 saturated carbocycles. The molecule has 3 nitrogen and oxygen atoms in total. The Hall–Kier alpha value is -1.74. The highest BCUT2D eigenvalue weighted by atomic mass is 14.9. The zero-order chi connectivity index (χ0) is 12.4. The Morgan fingerprint density at radius 2 is 1.82 bits per heavy atom. The lowest BCUT2D eigenvalue weighted by molar-refractivity contribution is 0.911. The molecule has 0 fully saturated rings. The molecule has 3 heteroatoms. The molecule has 1 aromatic heterocycles. The summed E-state index contributed by atoms with van der Waals surface area (Å²) >= 11 is 0. The second-order valence-corrected chi connectivity index (χ2v) is 4.24. The highest BCUT2D eigenvalue weighted by Gasteiger charge is 2.07. The fourth-order valence-electron chi connectivity index (χ4n) is 1.88. The Morgan fingerprint density at radius 1 is 1.06 bits per heavy atom. The molecule has 0 spiro atoms. The Kier molecular flexibility index (Phi) is 3.20. The maximum atomic E-state index is 5.56. The third-order valence-electron chi connectivity index (χ3n) is 3.22. The molecule has 17 heavy (non-hydrogen) atoms. The maximum absolute atomic E-state index is 5.56. The van der Waals surface area contributed by atoms with Crippen LogP contribution in [0.3, 0.4) is 0 Å². The standard InChI is InChI=1S/C14H17N3/c1-9-4-5-12(11(3)10(9)2)13-6-7-16-14(8-15)17-13/h4-7H,8,15H2,1-3H3. The van der Waals surface area contributed by atoms with Gasteiger partial charge in [-0.1, -0.05) is 12.1 Å². The minimum Gasteiger partial charge on any atom is -0.324 e. The van der Waals surface area contributed by atoms with E-state index in [1.54, 1.807) is 6.20 Å². The first-order chi connectivity index (χ1) is 8.13. The van der Waals surface area contributed by atoms with Crippen molar-refractivity contribution in [3.05, 3.63) is 46.9 Å². The van der Waals surface area contributed by atoms with E-state index in [0.29, 0.717) is 12.4 Å². The highest BCUT2D eigenvalue weighted by molar-refractivity contribution is 5.65. The Bertz CT molecular complexity index is 547. The van der Waals surface area contributed by atoms with Gasteiger partial charge in [-0.25, -0.2) is 9.97 Å². The van der Waals surface area contributed by atoms with E-state index in [4.69, 9.17) is 5.73 Å². The van der Waals surface area contributed by atoms with Gasteiger partial charge in [0.25, 0.3) is 0 Å². The predicted octanol–water partition coefficient (Wildman–Crippen LogP) is 2.53. The predicted molar refractivity (Wildman–Crippen MR) is 69.6 cm³/mol. The second kappa shape index (κ2) is 4.63. The largest absolute Gasteiger partial charge is 0.324 e. The van der Waals surface area contributed by atoms with Crippen molar-refractivity contribution in [1.29, 1.82) is 0 Å². The van der Waals surface area contributed by atoms with Gasteiger partial charge in [0.2, 0.25) is 0 Å². The molecule has 0 radical (unpaired) electrons. The van der Waals surface area contributed by atoms with Gasteiger partial charge in [0.15, 0.2) is 0 Å². The van der Waals surface area contributed by atoms with Crippen molar-refractivity contribution in [2.45, 2.75) is 27.3 Å². The quantitative estimate of drug-likeness (QED) is 0.857. The van der Waals surface area contributed by atoms with Crippen molar-refractivity contribution < 1.29 is 0 Å². The van der Waals surface area contributed by atoms with Crippen LogP contribution in [0.5, 0.6) is 0 Å². The van der Waals surface area contributed by atoms with E-state index in [0.717, 1.165) is 11.3 Å². The van der Waals surface area contributed by atoms with Crippen LogP contribution < -0.4 is 5.73 Å². The normalized spacial score (nSPS) is 10.6. The van der Waals surface area contributed by atoms with Gasteiger partial charge >= 0.3 is 0 Å². The Balaban J connectivity index is 2.56. The van der Waals surface area contributed by atoms with E-state index in [2.05, 4.69) is 42.9 Å². The van der Waals surface area contributed by atoms with E-state index >= 15 is 0 Å². The van der Waals surface area contributed by atoms with Crippen molar-refractivity contribution in [1.82, 2.24) is 9.97 Å². The van der Waals surface area contributed by atoms with Crippen LogP contribution in [0.25, 0.3) is 11.3 Å². The third-order valence-corrected chi connectivity index (χ3v) is 3.22. The van der Waals surface area contributed by atoms with Gasteiger partial charge < -0.3 is 5.73 Å². The van der Waals surface area contributed by atoms with Gasteiger partial charge in [-0.05, 0) is 43.5 Å². The maximum Gasteiger partial charge on any atom is 0.142 e. The van der Waals surface area contributed by atoms with Gasteiger partial charge in [-0.3, -0.25) is 0 Å². The number of aromatic nitrogens is 2. The van der Waals surface area contributed by atoms with Crippen molar-refractivity contribution >= 4 is 0 Å². The molecular weight excluding hydrogens is 210 g/mol. The zero-order valence-corrected chi connectivity index (χ0v) is 10.5. The lowest BCUT2D eigenvalue weighted by atomic mass is 9.97. The summed E-state index contributed by atoms with van der Waals surface area (Å²) in [7, 11) is 0. The van der Waals surface area contributed by atoms with Crippen LogP contribution in [-0.2, 0) is 6.54 Å². The summed E-state index contributed by atoms with van der Waals surface area (Å²) in [5.41, 5.74) is 11.6. The van der Waals surface area contributed by atoms with Gasteiger partial charge in [0.1, 0.15) is 5.82 Å². The van der Waals surface area contributed by atoms with Crippen molar-refractivity contribution in [2.75, 3.05) is 0 Å². The van der Waals surface area contributed by atoms with Gasteiger partial charge in [0.05, 0.1) is 12.2 Å². The number of benzene rings is 1. The highest BCUT2D eigenvalue weighted by Crippen LogP contribution is 2.25. The SMILES string of the molecule is Cc1ccc(-c2ccnc(CN)n2)c(C)c1C. The first-order valence-corrected chi connectivity index (χ1v) is 5.72. The molecule has 0 saturated heterocycles. The van der Waals surface area contributed by atoms with Gasteiger partial charge in [-0.2, -0.15) is 0 Å². The van der Waals surface area contributed by atoms with E-state index in [-0.39, 0.29) is 0 Å². The molecule has 2 aromatic rings. The van der Waals surface area contributed by atoms with E-state index in [1.807, 2.05) is 6.07 Å². The minimum absolute atomic E-state index is 0.373. The summed E-state index contributed by atoms with van der Waals surface area (Å²) in [6.07, 6.45) is 1.76. The molecule has 0 unspecified atom stereocenters. The molecule has 2 N–H and O–H groups in total. The number of nitrogens with zero attached hydrogens (tertiary/aromatic N) is 2. The number of hydrogen-bond donors (Lipinski definition) is 1. The van der Waals surface area contributed by atoms with Crippen LogP contribution in [0.4, 0.5) is 0 Å². The van der Waals surface area contributed by atoms with Crippen LogP contribution in [-0.4, -0.2) is 9.97 Å². The first kappa shape index (κ1) is 11.7. The van der Waals surface area contributed by atoms with Crippen LogP contribution in [0.15, 0.2) is 24.4 Å². The van der Waals surface area contributed by atoms with Crippen molar-refractivity contribution in [3.8, 4) is 11.3 Å². The van der Waals surface area contributed by atoms with Gasteiger partial charge in [-0.15, -0.1) is 0 Å². The average Bonchev–Trinajstić information content (AvgIpc) is 2.36. The van der Waals surface area contributed by atoms with E-state index < -0.39 is 0 Å². The Morgan fingerprint density at radius 3 is 2.53 bits per heavy atom. The van der Waals surface area contributed by atoms with Crippen molar-refractivity contribution in [2.24, 2.45) is 5.73 Å². The Labute approximate surface area is 102 Å². The molecule has 0 aliphatic heterocycles. The summed E-state index contributed by atoms with van der Waals surface area (Å²) in [6.45, 7) is 6.76. The lowest BCUT2D eigenvalue weighted by Gasteiger charge is -2.11. The molecule has 1 aromatic carbocycles. The van der Waals surface area contributed by atoms with E-state index in [9.17, 15) is 0 Å². The summed E-state index contributed by atoms with van der Waals surface area (Å²) in [4.78, 5) is 8.57. The molecule has 88 valence electrons. The molecule has 0 atom stereocenters. The molecule has 0 amide bonds. The number of rotatable bonds is 2. The fourth-order valence-corrected chi connectivity index (χ4v) is 1.88. The number of hydrogen-bond acceptors (Lipinski definition) is 3. The molecular formula is C14H17N3. The molecule has 2 rings (SSSR count). The smallest absolute Gasteiger partial charge is 0.142 e. The summed E-state index contributed by atoms with van der Waals surface area (Å²) in [5, 5.41) is 0. The summed E-state index contributed by atoms with van der Waals surface area (Å²) in [5.74, 6) is 0.681. The molecule has 0 aliphatic rings. The van der Waals surface area contributed by atoms with E-state index in [1.165, 1.54) is 16.7 Å². The minimum atomic E-state index is 0.373. The lowest BCUT2D eigenvalue weighted by Crippen LogP contribution is -2.03. The zero-order valence-electron chi connectivity index (χ0n) is 10.5. The monoisotopic (exact) mass is 227 g/mol. The summed E-state index contributed by atoms with van der Waals surface area (Å²) < 4.78 is 0. The van der Waals surface area contributed by atoms with Crippen LogP contribution >= 0.6 is 0 Å². The van der Waals surface area contributed by atoms with Gasteiger partial charge in [0, 0.05) is 11.8 Å². The first-order valence-electron chi connectivity index (χ1n) is 5.72. The molecule has 0 bridgehead atoms. The molecule has 0 aliphatic carbocycles. The number of aryl methyl sites for hydroxylation is 1. The van der Waals surface area contributed by atoms with Crippen LogP contribution in [0.2, 0.25) is 0 Å².